The lowest BCUT2D eigenvalue weighted by molar-refractivity contribution is 0.668. The summed E-state index contributed by atoms with van der Waals surface area (Å²) >= 11 is 0. The second-order valence-electron chi connectivity index (χ2n) is 14.3. The molecule has 0 fully saturated rings. The minimum Gasteiger partial charge on any atom is -0.456 e. The third kappa shape index (κ3) is 4.94. The molecule has 0 unspecified atom stereocenters. The van der Waals surface area contributed by atoms with Gasteiger partial charge in [-0.3, -0.25) is 0 Å². The standard InChI is InChI=1S/C51H29N3O3/c1-3-14-30(15-4-1)49-52-50(31-16-5-2-6-17-31)54-51(53-49)39-24-13-27-43-46(39)38-23-12-22-36(48(38)57-43)40-28-32(29-44-45(40)37-19-8-10-26-42(37)55-44)33-20-11-21-35-34-18-7-9-25-41(34)56-47(33)35/h1-29H. The average Bonchev–Trinajstić information content (AvgIpc) is 3.98. The van der Waals surface area contributed by atoms with Crippen molar-refractivity contribution in [3.05, 3.63) is 176 Å². The van der Waals surface area contributed by atoms with E-state index in [2.05, 4.69) is 72.8 Å². The second-order valence-corrected chi connectivity index (χ2v) is 14.3. The van der Waals surface area contributed by atoms with Crippen LogP contribution in [0.15, 0.2) is 189 Å². The third-order valence-electron chi connectivity index (χ3n) is 10.9. The number of furan rings is 3. The van der Waals surface area contributed by atoms with E-state index in [-0.39, 0.29) is 0 Å². The largest absolute Gasteiger partial charge is 0.456 e. The highest BCUT2D eigenvalue weighted by atomic mass is 16.3. The molecule has 0 aliphatic rings. The molecule has 4 aromatic heterocycles. The van der Waals surface area contributed by atoms with Crippen molar-refractivity contribution in [1.29, 1.82) is 0 Å². The van der Waals surface area contributed by atoms with Crippen LogP contribution in [0.2, 0.25) is 0 Å². The summed E-state index contributed by atoms with van der Waals surface area (Å²) in [6.07, 6.45) is 0. The van der Waals surface area contributed by atoms with Gasteiger partial charge in [0.1, 0.15) is 33.5 Å². The Bertz CT molecular complexity index is 3470. The summed E-state index contributed by atoms with van der Waals surface area (Å²) in [6, 6.07) is 59.6. The Morgan fingerprint density at radius 3 is 1.54 bits per heavy atom. The van der Waals surface area contributed by atoms with Crippen LogP contribution < -0.4 is 0 Å². The highest BCUT2D eigenvalue weighted by Gasteiger charge is 2.23. The average molecular weight is 732 g/mol. The molecule has 57 heavy (non-hydrogen) atoms. The topological polar surface area (TPSA) is 78.1 Å². The maximum Gasteiger partial charge on any atom is 0.164 e. The summed E-state index contributed by atoms with van der Waals surface area (Å²) in [5, 5.41) is 6.13. The number of nitrogens with zero attached hydrogens (tertiary/aromatic N) is 3. The van der Waals surface area contributed by atoms with E-state index >= 15 is 0 Å². The molecule has 12 aromatic rings. The number of hydrogen-bond acceptors (Lipinski definition) is 6. The fourth-order valence-corrected chi connectivity index (χ4v) is 8.37. The summed E-state index contributed by atoms with van der Waals surface area (Å²) in [5.74, 6) is 1.79. The van der Waals surface area contributed by atoms with Crippen molar-refractivity contribution >= 4 is 65.8 Å². The Hall–Kier alpha value is -7.83. The van der Waals surface area contributed by atoms with Gasteiger partial charge in [0.05, 0.1) is 0 Å². The molecule has 6 heteroatoms. The predicted molar refractivity (Wildman–Crippen MR) is 229 cm³/mol. The van der Waals surface area contributed by atoms with Crippen molar-refractivity contribution in [2.45, 2.75) is 0 Å². The Morgan fingerprint density at radius 1 is 0.281 bits per heavy atom. The van der Waals surface area contributed by atoms with Gasteiger partial charge in [0, 0.05) is 60.1 Å². The summed E-state index contributed by atoms with van der Waals surface area (Å²) in [7, 11) is 0. The van der Waals surface area contributed by atoms with Crippen molar-refractivity contribution < 1.29 is 13.3 Å². The van der Waals surface area contributed by atoms with Gasteiger partial charge in [0.25, 0.3) is 0 Å². The molecule has 6 nitrogen and oxygen atoms in total. The van der Waals surface area contributed by atoms with Gasteiger partial charge in [-0.2, -0.15) is 0 Å². The van der Waals surface area contributed by atoms with E-state index in [1.54, 1.807) is 0 Å². The molecule has 12 rings (SSSR count). The maximum atomic E-state index is 6.90. The number of hydrogen-bond donors (Lipinski definition) is 0. The fraction of sp³-hybridized carbons (Fsp3) is 0. The van der Waals surface area contributed by atoms with Crippen LogP contribution in [0.5, 0.6) is 0 Å². The molecule has 0 amide bonds. The van der Waals surface area contributed by atoms with Crippen LogP contribution in [0, 0.1) is 0 Å². The zero-order valence-electron chi connectivity index (χ0n) is 30.3. The van der Waals surface area contributed by atoms with E-state index in [1.165, 1.54) is 0 Å². The molecule has 4 heterocycles. The van der Waals surface area contributed by atoms with Gasteiger partial charge in [0.15, 0.2) is 17.5 Å². The van der Waals surface area contributed by atoms with Crippen LogP contribution in [0.25, 0.3) is 122 Å². The molecule has 0 bridgehead atoms. The van der Waals surface area contributed by atoms with Gasteiger partial charge < -0.3 is 13.3 Å². The van der Waals surface area contributed by atoms with Crippen molar-refractivity contribution in [3.8, 4) is 56.4 Å². The number of para-hydroxylation sites is 4. The van der Waals surface area contributed by atoms with Crippen molar-refractivity contribution in [1.82, 2.24) is 15.0 Å². The van der Waals surface area contributed by atoms with Gasteiger partial charge in [-0.1, -0.05) is 146 Å². The zero-order valence-corrected chi connectivity index (χ0v) is 30.3. The van der Waals surface area contributed by atoms with E-state index in [0.29, 0.717) is 17.5 Å². The van der Waals surface area contributed by atoms with E-state index in [4.69, 9.17) is 28.2 Å². The molecule has 0 radical (unpaired) electrons. The van der Waals surface area contributed by atoms with Gasteiger partial charge in [0.2, 0.25) is 0 Å². The van der Waals surface area contributed by atoms with Gasteiger partial charge >= 0.3 is 0 Å². The Balaban J connectivity index is 1.11. The summed E-state index contributed by atoms with van der Waals surface area (Å²) in [5.41, 5.74) is 11.5. The lowest BCUT2D eigenvalue weighted by Crippen LogP contribution is -2.00. The monoisotopic (exact) mass is 731 g/mol. The van der Waals surface area contributed by atoms with Crippen LogP contribution >= 0.6 is 0 Å². The van der Waals surface area contributed by atoms with E-state index in [9.17, 15) is 0 Å². The number of fused-ring (bicyclic) bond motifs is 9. The van der Waals surface area contributed by atoms with E-state index in [1.807, 2.05) is 103 Å². The first kappa shape index (κ1) is 31.5. The number of rotatable bonds is 5. The molecule has 0 spiro atoms. The summed E-state index contributed by atoms with van der Waals surface area (Å²) < 4.78 is 20.0. The van der Waals surface area contributed by atoms with Crippen molar-refractivity contribution in [3.63, 3.8) is 0 Å². The van der Waals surface area contributed by atoms with Crippen LogP contribution in [-0.4, -0.2) is 15.0 Å². The molecule has 0 aliphatic carbocycles. The minimum atomic E-state index is 0.575. The van der Waals surface area contributed by atoms with Crippen LogP contribution in [0.1, 0.15) is 0 Å². The van der Waals surface area contributed by atoms with Gasteiger partial charge in [-0.25, -0.2) is 15.0 Å². The smallest absolute Gasteiger partial charge is 0.164 e. The molecule has 0 saturated heterocycles. The molecule has 266 valence electrons. The summed E-state index contributed by atoms with van der Waals surface area (Å²) in [6.45, 7) is 0. The SMILES string of the molecule is c1ccc(-c2nc(-c3ccccc3)nc(-c3cccc4oc5c(-c6cc(-c7cccc8c7oc7ccccc78)cc7oc8ccccc8c67)cccc5c34)n2)cc1. The first-order valence-electron chi connectivity index (χ1n) is 18.9. The lowest BCUT2D eigenvalue weighted by atomic mass is 9.92. The van der Waals surface area contributed by atoms with Crippen LogP contribution in [0.4, 0.5) is 0 Å². The lowest BCUT2D eigenvalue weighted by Gasteiger charge is -2.10. The van der Waals surface area contributed by atoms with Crippen molar-refractivity contribution in [2.75, 3.05) is 0 Å². The molecular weight excluding hydrogens is 703 g/mol. The first-order valence-corrected chi connectivity index (χ1v) is 18.9. The van der Waals surface area contributed by atoms with Crippen LogP contribution in [-0.2, 0) is 0 Å². The number of aromatic nitrogens is 3. The zero-order chi connectivity index (χ0) is 37.5. The maximum absolute atomic E-state index is 6.90. The Morgan fingerprint density at radius 2 is 0.789 bits per heavy atom. The van der Waals surface area contributed by atoms with E-state index < -0.39 is 0 Å². The van der Waals surface area contributed by atoms with Crippen LogP contribution in [0.3, 0.4) is 0 Å². The quantitative estimate of drug-likeness (QED) is 0.175. The third-order valence-corrected chi connectivity index (χ3v) is 10.9. The molecule has 0 N–H and O–H groups in total. The molecule has 0 atom stereocenters. The highest BCUT2D eigenvalue weighted by Crippen LogP contribution is 2.46. The molecular formula is C51H29N3O3. The van der Waals surface area contributed by atoms with Gasteiger partial charge in [-0.05, 0) is 41.5 Å². The normalized spacial score (nSPS) is 11.9. The predicted octanol–water partition coefficient (Wildman–Crippen LogP) is 13.9. The number of benzene rings is 8. The summed E-state index contributed by atoms with van der Waals surface area (Å²) in [4.78, 5) is 15.1. The highest BCUT2D eigenvalue weighted by molar-refractivity contribution is 6.20. The van der Waals surface area contributed by atoms with Crippen molar-refractivity contribution in [2.24, 2.45) is 0 Å². The second kappa shape index (κ2) is 12.3. The first-order chi connectivity index (χ1) is 28.2. The molecule has 0 saturated carbocycles. The Kier molecular flexibility index (Phi) is 6.83. The fourth-order valence-electron chi connectivity index (χ4n) is 8.37. The van der Waals surface area contributed by atoms with E-state index in [0.717, 1.165) is 105 Å². The Labute approximate surface area is 325 Å². The minimum absolute atomic E-state index is 0.575. The van der Waals surface area contributed by atoms with Gasteiger partial charge in [-0.15, -0.1) is 0 Å². The molecule has 8 aromatic carbocycles. The molecule has 0 aliphatic heterocycles.